The SMILES string of the molecule is CC1(C)O[C@@H]2[C@H](O1)[C@@H](CN=[N+]=[N-])O[C@H]2n1cnc2c(=O)[nH]c(N)nc21. The Hall–Kier alpha value is -2.66. The zero-order valence-electron chi connectivity index (χ0n) is 13.5. The number of nitrogens with one attached hydrogen (secondary N) is 1. The van der Waals surface area contributed by atoms with Crippen molar-refractivity contribution in [3.05, 3.63) is 27.1 Å². The third-order valence-corrected chi connectivity index (χ3v) is 4.17. The van der Waals surface area contributed by atoms with Crippen molar-refractivity contribution >= 4 is 17.1 Å². The van der Waals surface area contributed by atoms with Crippen LogP contribution in [0.4, 0.5) is 5.95 Å². The summed E-state index contributed by atoms with van der Waals surface area (Å²) >= 11 is 0. The summed E-state index contributed by atoms with van der Waals surface area (Å²) in [4.78, 5) is 25.4. The summed E-state index contributed by atoms with van der Waals surface area (Å²) in [6.45, 7) is 3.68. The molecule has 0 bridgehead atoms. The number of nitrogen functional groups attached to an aromatic ring is 1. The quantitative estimate of drug-likeness (QED) is 0.460. The van der Waals surface area contributed by atoms with E-state index in [9.17, 15) is 4.79 Å². The van der Waals surface area contributed by atoms with E-state index in [-0.39, 0.29) is 23.7 Å². The first-order valence-corrected chi connectivity index (χ1v) is 7.64. The zero-order valence-corrected chi connectivity index (χ0v) is 13.5. The molecule has 4 heterocycles. The fourth-order valence-corrected chi connectivity index (χ4v) is 3.28. The van der Waals surface area contributed by atoms with Crippen LogP contribution >= 0.6 is 0 Å². The van der Waals surface area contributed by atoms with Crippen LogP contribution in [0, 0.1) is 0 Å². The van der Waals surface area contributed by atoms with Gasteiger partial charge in [0.2, 0.25) is 5.95 Å². The Balaban J connectivity index is 1.77. The average Bonchev–Trinajstić information content (AvgIpc) is 3.16. The van der Waals surface area contributed by atoms with Crippen molar-refractivity contribution in [2.75, 3.05) is 12.3 Å². The molecule has 0 aliphatic carbocycles. The Morgan fingerprint density at radius 2 is 2.24 bits per heavy atom. The summed E-state index contributed by atoms with van der Waals surface area (Å²) in [6.07, 6.45) is -0.608. The van der Waals surface area contributed by atoms with Crippen LogP contribution in [0.3, 0.4) is 0 Å². The second-order valence-corrected chi connectivity index (χ2v) is 6.32. The molecular weight excluding hydrogens is 332 g/mol. The van der Waals surface area contributed by atoms with Crippen molar-refractivity contribution < 1.29 is 14.2 Å². The van der Waals surface area contributed by atoms with E-state index in [2.05, 4.69) is 25.0 Å². The van der Waals surface area contributed by atoms with E-state index in [1.54, 1.807) is 18.4 Å². The van der Waals surface area contributed by atoms with Gasteiger partial charge in [0.05, 0.1) is 19.0 Å². The number of aromatic amines is 1. The molecule has 2 saturated heterocycles. The maximum atomic E-state index is 12.0. The van der Waals surface area contributed by atoms with Gasteiger partial charge in [-0.05, 0) is 19.4 Å². The van der Waals surface area contributed by atoms with Crippen molar-refractivity contribution in [2.24, 2.45) is 5.11 Å². The summed E-state index contributed by atoms with van der Waals surface area (Å²) < 4.78 is 19.4. The van der Waals surface area contributed by atoms with E-state index < -0.39 is 35.9 Å². The molecular formula is C13H16N8O4. The number of H-pyrrole nitrogens is 1. The van der Waals surface area contributed by atoms with Crippen LogP contribution in [-0.2, 0) is 14.2 Å². The lowest BCUT2D eigenvalue weighted by Crippen LogP contribution is -2.31. The number of nitrogens with zero attached hydrogens (tertiary/aromatic N) is 6. The van der Waals surface area contributed by atoms with Gasteiger partial charge < -0.3 is 19.9 Å². The summed E-state index contributed by atoms with van der Waals surface area (Å²) in [5.41, 5.74) is 14.2. The number of hydrogen-bond donors (Lipinski definition) is 2. The Morgan fingerprint density at radius 3 is 3.00 bits per heavy atom. The first-order valence-electron chi connectivity index (χ1n) is 7.64. The number of aromatic nitrogens is 4. The predicted octanol–water partition coefficient (Wildman–Crippen LogP) is 0.430. The van der Waals surface area contributed by atoms with E-state index in [4.69, 9.17) is 25.5 Å². The van der Waals surface area contributed by atoms with Crippen molar-refractivity contribution in [1.82, 2.24) is 19.5 Å². The molecule has 2 aromatic heterocycles. The van der Waals surface area contributed by atoms with Crippen molar-refractivity contribution in [1.29, 1.82) is 0 Å². The van der Waals surface area contributed by atoms with Crippen molar-refractivity contribution in [3.8, 4) is 0 Å². The van der Waals surface area contributed by atoms with Crippen LogP contribution in [0.15, 0.2) is 16.2 Å². The maximum absolute atomic E-state index is 12.0. The molecule has 4 rings (SSSR count). The van der Waals surface area contributed by atoms with Gasteiger partial charge in [-0.3, -0.25) is 14.3 Å². The minimum Gasteiger partial charge on any atom is -0.369 e. The molecule has 25 heavy (non-hydrogen) atoms. The normalized spacial score (nSPS) is 30.3. The minimum absolute atomic E-state index is 0.0247. The van der Waals surface area contributed by atoms with Gasteiger partial charge in [0, 0.05) is 4.91 Å². The standard InChI is InChI=1S/C13H16N8O4/c1-13(2)24-7-5(3-17-20-15)23-11(8(7)25-13)21-4-16-6-9(21)18-12(14)19-10(6)22/h4-5,7-8,11H,3H2,1-2H3,(H3,14,18,19,22)/t5-,7-,8-,11-/m1/s1. The highest BCUT2D eigenvalue weighted by Gasteiger charge is 2.55. The Labute approximate surface area is 140 Å². The molecule has 2 fully saturated rings. The number of imidazole rings is 1. The lowest BCUT2D eigenvalue weighted by molar-refractivity contribution is -0.195. The molecule has 0 aromatic carbocycles. The van der Waals surface area contributed by atoms with E-state index in [1.807, 2.05) is 0 Å². The molecule has 0 saturated carbocycles. The molecule has 2 aliphatic rings. The van der Waals surface area contributed by atoms with E-state index >= 15 is 0 Å². The number of hydrogen-bond acceptors (Lipinski definition) is 8. The molecule has 132 valence electrons. The van der Waals surface area contributed by atoms with Gasteiger partial charge in [0.1, 0.15) is 12.2 Å². The lowest BCUT2D eigenvalue weighted by Gasteiger charge is -2.24. The Kier molecular flexibility index (Phi) is 3.44. The Morgan fingerprint density at radius 1 is 1.48 bits per heavy atom. The molecule has 2 aliphatic heterocycles. The molecule has 0 amide bonds. The molecule has 0 spiro atoms. The largest absolute Gasteiger partial charge is 0.369 e. The van der Waals surface area contributed by atoms with Crippen LogP contribution in [-0.4, -0.2) is 50.2 Å². The second-order valence-electron chi connectivity index (χ2n) is 6.32. The van der Waals surface area contributed by atoms with Crippen LogP contribution in [0.25, 0.3) is 21.6 Å². The summed E-state index contributed by atoms with van der Waals surface area (Å²) in [5, 5.41) is 3.57. The number of ether oxygens (including phenoxy) is 3. The monoisotopic (exact) mass is 348 g/mol. The third kappa shape index (κ3) is 2.51. The molecule has 12 heteroatoms. The third-order valence-electron chi connectivity index (χ3n) is 4.17. The average molecular weight is 348 g/mol. The first-order chi connectivity index (χ1) is 11.9. The maximum Gasteiger partial charge on any atom is 0.280 e. The number of anilines is 1. The van der Waals surface area contributed by atoms with Crippen LogP contribution < -0.4 is 11.3 Å². The number of fused-ring (bicyclic) bond motifs is 2. The van der Waals surface area contributed by atoms with Crippen molar-refractivity contribution in [3.63, 3.8) is 0 Å². The van der Waals surface area contributed by atoms with Crippen LogP contribution in [0.1, 0.15) is 20.1 Å². The topological polar surface area (TPSA) is 166 Å². The molecule has 4 atom stereocenters. The smallest absolute Gasteiger partial charge is 0.280 e. The van der Waals surface area contributed by atoms with Gasteiger partial charge >= 0.3 is 0 Å². The van der Waals surface area contributed by atoms with Crippen LogP contribution in [0.2, 0.25) is 0 Å². The van der Waals surface area contributed by atoms with Crippen LogP contribution in [0.5, 0.6) is 0 Å². The summed E-state index contributed by atoms with van der Waals surface area (Å²) in [7, 11) is 0. The Bertz CT molecular complexity index is 930. The molecule has 3 N–H and O–H groups in total. The molecule has 0 unspecified atom stereocenters. The number of rotatable bonds is 3. The minimum atomic E-state index is -0.813. The number of nitrogens with two attached hydrogens (primary N) is 1. The molecule has 0 radical (unpaired) electrons. The fraction of sp³-hybridized carbons (Fsp3) is 0.615. The van der Waals surface area contributed by atoms with Gasteiger partial charge in [-0.15, -0.1) is 0 Å². The molecule has 2 aromatic rings. The van der Waals surface area contributed by atoms with E-state index in [1.165, 1.54) is 6.33 Å². The fourth-order valence-electron chi connectivity index (χ4n) is 3.28. The predicted molar refractivity (Wildman–Crippen MR) is 84.3 cm³/mol. The van der Waals surface area contributed by atoms with E-state index in [0.29, 0.717) is 0 Å². The highest BCUT2D eigenvalue weighted by Crippen LogP contribution is 2.43. The second kappa shape index (κ2) is 5.43. The van der Waals surface area contributed by atoms with E-state index in [0.717, 1.165) is 0 Å². The molecule has 12 nitrogen and oxygen atoms in total. The highest BCUT2D eigenvalue weighted by atomic mass is 16.8. The van der Waals surface area contributed by atoms with Crippen molar-refractivity contribution in [2.45, 2.75) is 44.2 Å². The van der Waals surface area contributed by atoms with Gasteiger partial charge in [0.25, 0.3) is 5.56 Å². The van der Waals surface area contributed by atoms with Gasteiger partial charge in [-0.1, -0.05) is 5.11 Å². The summed E-state index contributed by atoms with van der Waals surface area (Å²) in [6, 6.07) is 0. The number of azide groups is 1. The highest BCUT2D eigenvalue weighted by molar-refractivity contribution is 5.70. The van der Waals surface area contributed by atoms with Gasteiger partial charge in [-0.2, -0.15) is 4.98 Å². The zero-order chi connectivity index (χ0) is 17.8. The van der Waals surface area contributed by atoms with Gasteiger partial charge in [0.15, 0.2) is 23.2 Å². The summed E-state index contributed by atoms with van der Waals surface area (Å²) in [5.74, 6) is -0.838. The first kappa shape index (κ1) is 15.8. The lowest BCUT2D eigenvalue weighted by atomic mass is 10.1. The van der Waals surface area contributed by atoms with Gasteiger partial charge in [-0.25, -0.2) is 4.98 Å².